The van der Waals surface area contributed by atoms with E-state index in [1.54, 1.807) is 35.6 Å². The molecule has 0 saturated carbocycles. The van der Waals surface area contributed by atoms with Crippen molar-refractivity contribution in [3.8, 4) is 74.1 Å². The highest BCUT2D eigenvalue weighted by Gasteiger charge is 2.39. The van der Waals surface area contributed by atoms with Gasteiger partial charge in [0.25, 0.3) is 0 Å². The van der Waals surface area contributed by atoms with Gasteiger partial charge in [-0.2, -0.15) is 0 Å². The van der Waals surface area contributed by atoms with Crippen LogP contribution >= 0.6 is 0 Å². The zero-order chi connectivity index (χ0) is 92.7. The topological polar surface area (TPSA) is 166 Å². The van der Waals surface area contributed by atoms with E-state index in [9.17, 15) is 0 Å². The van der Waals surface area contributed by atoms with Crippen LogP contribution in [0, 0.1) is 0 Å². The largest absolute Gasteiger partial charge is 0.309 e. The summed E-state index contributed by atoms with van der Waals surface area (Å²) in [6, 6.07) is 120. The van der Waals surface area contributed by atoms with E-state index >= 15 is 0 Å². The molecule has 1 aliphatic carbocycles. The van der Waals surface area contributed by atoms with Crippen molar-refractivity contribution in [1.82, 2.24) is 77.7 Å². The molecule has 0 unspecified atom stereocenters. The molecule has 0 radical (unpaired) electrons. The van der Waals surface area contributed by atoms with Gasteiger partial charge in [0.1, 0.15) is 5.52 Å². The van der Waals surface area contributed by atoms with E-state index in [-0.39, 0.29) is 35.3 Å². The number of nitrogens with zero attached hydrogens (tertiary/aromatic N) is 16. The minimum atomic E-state index is -0.432. The summed E-state index contributed by atoms with van der Waals surface area (Å²) in [6.45, 7) is 4.59. The molecule has 0 bridgehead atoms. The van der Waals surface area contributed by atoms with Crippen molar-refractivity contribution < 1.29 is 6.85 Å². The van der Waals surface area contributed by atoms with E-state index in [1.165, 1.54) is 65.3 Å². The van der Waals surface area contributed by atoms with Gasteiger partial charge in [-0.25, -0.2) is 49.8 Å². The van der Waals surface area contributed by atoms with Crippen LogP contribution in [0.15, 0.2) is 413 Å². The molecular weight excluding hydrogens is 1640 g/mol. The van der Waals surface area contributed by atoms with E-state index in [0.717, 1.165) is 115 Å². The molecule has 1 aliphatic rings. The normalized spacial score (nSPS) is 13.0. The summed E-state index contributed by atoms with van der Waals surface area (Å²) in [5, 5.41) is 18.0. The number of benzene rings is 17. The first-order valence-electron chi connectivity index (χ1n) is 47.1. The molecule has 16 nitrogen and oxygen atoms in total. The molecule has 17 aromatic carbocycles. The second kappa shape index (κ2) is 30.0. The summed E-state index contributed by atoms with van der Waals surface area (Å²) in [6.07, 6.45) is 8.58. The Bertz CT molecular complexity index is 10100. The lowest BCUT2D eigenvalue weighted by Gasteiger charge is -2.24. The minimum Gasteiger partial charge on any atom is -0.309 e. The average Bonchev–Trinajstić information content (AvgIpc) is 1.65. The van der Waals surface area contributed by atoms with Crippen molar-refractivity contribution in [2.75, 3.05) is 0 Å². The van der Waals surface area contributed by atoms with E-state index in [1.807, 2.05) is 78.9 Å². The standard InChI is InChI=1S/C41H25N5.C40H24N6.C37H25N5/c1-2-13-29(14-3-1)45-35-18-8-6-15-30(35)32-21-20-28(25-37(32)45)40-43-34-17-10-22-42-39(34)41(44-40)46-36-19-9-7-16-31(36)33-23-26-11-4-5-12-27(26)24-38(33)46;1-2-12-28(13-3-1)45-33-16-8-6-14-29(33)31-23-27(18-19-35(31)45)38-43-39-37(41-20-21-42-39)40(44-38)46-34-17-9-7-15-30(34)32-22-25-10-4-5-11-26(25)24-36(32)46;1-37(2)29-16-7-5-12-24(29)26-14-9-15-27(32(26)37)34-40-35-33(38-18-19-39-35)36(41-34)42-30-17-8-6-13-25(30)28-20-22-10-3-4-11-23(22)21-31(28)42/h1-25H;1-24H;3-21H,1-2H3/i1D,2D,3D,13D,14D;;. The summed E-state index contributed by atoms with van der Waals surface area (Å²) >= 11 is 0. The third-order valence-electron chi connectivity index (χ3n) is 26.7. The lowest BCUT2D eigenvalue weighted by molar-refractivity contribution is 0.661. The van der Waals surface area contributed by atoms with E-state index in [2.05, 4.69) is 310 Å². The maximum absolute atomic E-state index is 8.83. The first-order valence-corrected chi connectivity index (χ1v) is 44.6. The van der Waals surface area contributed by atoms with Gasteiger partial charge in [-0.15, -0.1) is 0 Å². The SMILES string of the molecule is CC1(C)c2ccccc2-c2cccc(-c3nc(-n4c5ccccc5c5cc6ccccc6cc54)c4nccnc4n3)c21.[2H]c1c([2H])c([2H])c(-n2c3ccccc3c3ccc(-c4nc(-n5c6ccccc6c6cc7ccccc7cc65)c5ncccc5n4)cc32)c([2H])c1[2H].c1ccc(-n2c3ccccc3c3cc(-c4nc(-n5c6ccccc6c6cc7ccccc7cc65)c5nccnc5n4)ccc32)cc1. The molecule has 11 heterocycles. The predicted molar refractivity (Wildman–Crippen MR) is 546 cm³/mol. The quantitative estimate of drug-likeness (QED) is 0.142. The lowest BCUT2D eigenvalue weighted by Crippen LogP contribution is -2.17. The van der Waals surface area contributed by atoms with Crippen molar-refractivity contribution in [1.29, 1.82) is 0 Å². The van der Waals surface area contributed by atoms with Gasteiger partial charge >= 0.3 is 0 Å². The second-order valence-corrected chi connectivity index (χ2v) is 34.5. The van der Waals surface area contributed by atoms with Crippen LogP contribution in [0.4, 0.5) is 0 Å². The van der Waals surface area contributed by atoms with Crippen molar-refractivity contribution >= 4 is 175 Å². The predicted octanol–water partition coefficient (Wildman–Crippen LogP) is 28.1. The fourth-order valence-corrected chi connectivity index (χ4v) is 20.9. The summed E-state index contributed by atoms with van der Waals surface area (Å²) in [7, 11) is 0. The first-order chi connectivity index (χ1) is 68.3. The molecular formula is C118H74N16. The van der Waals surface area contributed by atoms with Crippen molar-refractivity contribution in [2.45, 2.75) is 19.3 Å². The van der Waals surface area contributed by atoms with Crippen LogP contribution in [-0.4, -0.2) is 77.7 Å². The fourth-order valence-electron chi connectivity index (χ4n) is 20.9. The Balaban J connectivity index is 0.000000105. The van der Waals surface area contributed by atoms with Gasteiger partial charge in [-0.1, -0.05) is 269 Å². The van der Waals surface area contributed by atoms with Crippen LogP contribution in [0.5, 0.6) is 0 Å². The Morgan fingerprint density at radius 3 is 1.17 bits per heavy atom. The number of hydrogen-bond acceptors (Lipinski definition) is 11. The molecule has 0 aliphatic heterocycles. The Morgan fingerprint density at radius 1 is 0.239 bits per heavy atom. The molecule has 626 valence electrons. The van der Waals surface area contributed by atoms with Crippen LogP contribution in [0.2, 0.25) is 0 Å². The number of pyridine rings is 1. The molecule has 0 fully saturated rings. The molecule has 11 aromatic heterocycles. The van der Waals surface area contributed by atoms with Crippen molar-refractivity contribution in [2.24, 2.45) is 0 Å². The fraction of sp³-hybridized carbons (Fsp3) is 0.0254. The highest BCUT2D eigenvalue weighted by molar-refractivity contribution is 6.19. The van der Waals surface area contributed by atoms with Gasteiger partial charge in [0, 0.05) is 118 Å². The molecule has 29 rings (SSSR count). The summed E-state index contributed by atoms with van der Waals surface area (Å²) in [5.74, 6) is 3.81. The molecule has 0 saturated heterocycles. The summed E-state index contributed by atoms with van der Waals surface area (Å²) < 4.78 is 53.4. The molecule has 0 amide bonds. The molecule has 0 spiro atoms. The zero-order valence-corrected chi connectivity index (χ0v) is 72.0. The smallest absolute Gasteiger partial charge is 0.184 e. The Hall–Kier alpha value is -18.2. The summed E-state index contributed by atoms with van der Waals surface area (Å²) in [4.78, 5) is 54.6. The van der Waals surface area contributed by atoms with Crippen LogP contribution in [0.3, 0.4) is 0 Å². The Kier molecular flexibility index (Phi) is 15.9. The molecule has 0 atom stereocenters. The molecule has 0 N–H and O–H groups in total. The van der Waals surface area contributed by atoms with Crippen LogP contribution in [-0.2, 0) is 5.41 Å². The van der Waals surface area contributed by atoms with Crippen LogP contribution in [0.1, 0.15) is 31.8 Å². The van der Waals surface area contributed by atoms with Gasteiger partial charge in [0.2, 0.25) is 0 Å². The highest BCUT2D eigenvalue weighted by atomic mass is 15.2. The maximum atomic E-state index is 8.83. The van der Waals surface area contributed by atoms with Gasteiger partial charge in [0.15, 0.2) is 57.3 Å². The maximum Gasteiger partial charge on any atom is 0.184 e. The number of fused-ring (bicyclic) bond motifs is 24. The molecule has 134 heavy (non-hydrogen) atoms. The van der Waals surface area contributed by atoms with Crippen molar-refractivity contribution in [3.05, 3.63) is 424 Å². The van der Waals surface area contributed by atoms with Crippen LogP contribution in [0.25, 0.3) is 249 Å². The minimum absolute atomic E-state index is 0.0891. The molecule has 16 heteroatoms. The molecule has 28 aromatic rings. The second-order valence-electron chi connectivity index (χ2n) is 34.5. The number of rotatable bonds is 8. The number of hydrogen-bond donors (Lipinski definition) is 0. The first kappa shape index (κ1) is 70.9. The number of para-hydroxylation sites is 7. The van der Waals surface area contributed by atoms with E-state index < -0.39 is 6.04 Å². The van der Waals surface area contributed by atoms with Crippen molar-refractivity contribution in [3.63, 3.8) is 0 Å². The highest BCUT2D eigenvalue weighted by Crippen LogP contribution is 2.53. The monoisotopic (exact) mass is 1720 g/mol. The summed E-state index contributed by atoms with van der Waals surface area (Å²) in [5.41, 5.74) is 22.5. The Morgan fingerprint density at radius 2 is 0.619 bits per heavy atom. The lowest BCUT2D eigenvalue weighted by atomic mass is 9.80. The van der Waals surface area contributed by atoms with Gasteiger partial charge < -0.3 is 9.13 Å². The van der Waals surface area contributed by atoms with E-state index in [0.29, 0.717) is 73.6 Å². The number of aromatic nitrogens is 16. The van der Waals surface area contributed by atoms with Gasteiger partial charge in [-0.05, 0) is 182 Å². The third kappa shape index (κ3) is 11.8. The third-order valence-corrected chi connectivity index (χ3v) is 26.7. The zero-order valence-electron chi connectivity index (χ0n) is 77.0. The van der Waals surface area contributed by atoms with Crippen LogP contribution < -0.4 is 0 Å². The van der Waals surface area contributed by atoms with Gasteiger partial charge in [-0.3, -0.25) is 18.7 Å². The van der Waals surface area contributed by atoms with E-state index in [4.69, 9.17) is 56.7 Å². The average molecular weight is 1720 g/mol. The van der Waals surface area contributed by atoms with Gasteiger partial charge in [0.05, 0.1) is 67.5 Å². The Labute approximate surface area is 772 Å².